The largest absolute Gasteiger partial charge is 0.423 e. The highest BCUT2D eigenvalue weighted by molar-refractivity contribution is 5.92. The Morgan fingerprint density at radius 1 is 0.800 bits per heavy atom. The first-order valence-corrected chi connectivity index (χ1v) is 11.0. The van der Waals surface area contributed by atoms with Crippen LogP contribution in [-0.2, 0) is 10.4 Å². The van der Waals surface area contributed by atoms with Gasteiger partial charge in [0.1, 0.15) is 5.75 Å². The predicted octanol–water partition coefficient (Wildman–Crippen LogP) is 4.60. The monoisotopic (exact) mass is 464 g/mol. The molecule has 0 atom stereocenters. The topological polar surface area (TPSA) is 88.0 Å². The third-order valence-electron chi connectivity index (χ3n) is 5.47. The normalized spacial score (nSPS) is 11.3. The number of aliphatic hydroxyl groups is 1. The minimum atomic E-state index is -1.91. The van der Waals surface area contributed by atoms with Crippen molar-refractivity contribution in [1.29, 1.82) is 0 Å². The Labute approximate surface area is 203 Å². The summed E-state index contributed by atoms with van der Waals surface area (Å²) in [6.45, 7) is 1.95. The summed E-state index contributed by atoms with van der Waals surface area (Å²) in [4.78, 5) is 25.3. The van der Waals surface area contributed by atoms with E-state index in [0.717, 1.165) is 5.56 Å². The minimum absolute atomic E-state index is 0.388. The highest BCUT2D eigenvalue weighted by Gasteiger charge is 2.39. The molecule has 0 heterocycles. The summed E-state index contributed by atoms with van der Waals surface area (Å²) in [5, 5.41) is 15.4. The number of carbonyl (C=O) groups is 2. The van der Waals surface area contributed by atoms with Crippen LogP contribution in [0.15, 0.2) is 114 Å². The van der Waals surface area contributed by atoms with Crippen molar-refractivity contribution in [2.45, 2.75) is 12.5 Å². The predicted molar refractivity (Wildman–Crippen MR) is 134 cm³/mol. The van der Waals surface area contributed by atoms with Crippen LogP contribution in [0.5, 0.6) is 5.75 Å². The number of hydrazone groups is 1. The molecule has 0 saturated carbocycles. The molecular weight excluding hydrogens is 440 g/mol. The lowest BCUT2D eigenvalue weighted by atomic mass is 9.85. The first-order chi connectivity index (χ1) is 17.0. The maximum Gasteiger partial charge on any atom is 0.343 e. The zero-order valence-electron chi connectivity index (χ0n) is 19.1. The van der Waals surface area contributed by atoms with Crippen LogP contribution in [0, 0.1) is 6.92 Å². The fourth-order valence-corrected chi connectivity index (χ4v) is 3.51. The maximum absolute atomic E-state index is 13.1. The van der Waals surface area contributed by atoms with Gasteiger partial charge >= 0.3 is 5.97 Å². The molecule has 4 rings (SSSR count). The molecule has 0 spiro atoms. The molecule has 4 aromatic carbocycles. The van der Waals surface area contributed by atoms with Gasteiger partial charge in [0.25, 0.3) is 5.91 Å². The second-order valence-corrected chi connectivity index (χ2v) is 7.97. The van der Waals surface area contributed by atoms with E-state index in [-0.39, 0.29) is 0 Å². The summed E-state index contributed by atoms with van der Waals surface area (Å²) >= 11 is 0. The number of hydrogen-bond donors (Lipinski definition) is 2. The average molecular weight is 465 g/mol. The number of amides is 1. The Kier molecular flexibility index (Phi) is 7.14. The van der Waals surface area contributed by atoms with Crippen LogP contribution in [0.25, 0.3) is 0 Å². The minimum Gasteiger partial charge on any atom is -0.423 e. The van der Waals surface area contributed by atoms with Gasteiger partial charge in [-0.3, -0.25) is 4.79 Å². The molecule has 1 amide bonds. The summed E-state index contributed by atoms with van der Waals surface area (Å²) in [5.41, 5.74) is 3.58. The number of nitrogens with one attached hydrogen (secondary N) is 1. The molecule has 6 heteroatoms. The van der Waals surface area contributed by atoms with Crippen molar-refractivity contribution in [2.24, 2.45) is 5.10 Å². The molecule has 2 N–H and O–H groups in total. The zero-order valence-corrected chi connectivity index (χ0v) is 19.1. The molecular formula is C29H24N2O4. The quantitative estimate of drug-likeness (QED) is 0.181. The summed E-state index contributed by atoms with van der Waals surface area (Å²) < 4.78 is 5.39. The van der Waals surface area contributed by atoms with Crippen molar-refractivity contribution in [3.63, 3.8) is 0 Å². The van der Waals surface area contributed by atoms with Crippen LogP contribution in [0.3, 0.4) is 0 Å². The Morgan fingerprint density at radius 2 is 1.34 bits per heavy atom. The highest BCUT2D eigenvalue weighted by atomic mass is 16.5. The zero-order chi connectivity index (χ0) is 24.7. The average Bonchev–Trinajstić information content (AvgIpc) is 2.90. The molecule has 0 saturated heterocycles. The summed E-state index contributed by atoms with van der Waals surface area (Å²) in [6.07, 6.45) is 1.44. The van der Waals surface area contributed by atoms with Crippen molar-refractivity contribution < 1.29 is 19.4 Å². The van der Waals surface area contributed by atoms with E-state index in [2.05, 4.69) is 10.5 Å². The second-order valence-electron chi connectivity index (χ2n) is 7.97. The molecule has 174 valence electrons. The van der Waals surface area contributed by atoms with Gasteiger partial charge in [0, 0.05) is 0 Å². The van der Waals surface area contributed by atoms with E-state index in [1.165, 1.54) is 6.21 Å². The first-order valence-electron chi connectivity index (χ1n) is 11.0. The number of nitrogens with zero attached hydrogens (tertiary/aromatic N) is 1. The van der Waals surface area contributed by atoms with Crippen LogP contribution in [-0.4, -0.2) is 23.2 Å². The Balaban J connectivity index is 1.43. The SMILES string of the molecule is Cc1ccc(C(=O)Oc2ccc(/C=N/NC(=O)C(O)(c3ccccc3)c3ccccc3)cc2)cc1. The lowest BCUT2D eigenvalue weighted by Gasteiger charge is -2.27. The third-order valence-corrected chi connectivity index (χ3v) is 5.47. The Morgan fingerprint density at radius 3 is 1.89 bits per heavy atom. The fourth-order valence-electron chi connectivity index (χ4n) is 3.51. The van der Waals surface area contributed by atoms with Crippen LogP contribution < -0.4 is 10.2 Å². The van der Waals surface area contributed by atoms with Crippen molar-refractivity contribution in [3.05, 3.63) is 137 Å². The number of ether oxygens (including phenoxy) is 1. The lowest BCUT2D eigenvalue weighted by Crippen LogP contribution is -2.43. The van der Waals surface area contributed by atoms with Crippen molar-refractivity contribution in [1.82, 2.24) is 5.43 Å². The lowest BCUT2D eigenvalue weighted by molar-refractivity contribution is -0.136. The van der Waals surface area contributed by atoms with E-state index in [9.17, 15) is 14.7 Å². The molecule has 0 fully saturated rings. The molecule has 6 nitrogen and oxygen atoms in total. The summed E-state index contributed by atoms with van der Waals surface area (Å²) in [6, 6.07) is 31.2. The second kappa shape index (κ2) is 10.6. The smallest absolute Gasteiger partial charge is 0.343 e. The molecule has 0 aromatic heterocycles. The molecule has 0 bridgehead atoms. The summed E-state index contributed by atoms with van der Waals surface area (Å²) in [5.74, 6) is -0.742. The van der Waals surface area contributed by atoms with E-state index < -0.39 is 17.5 Å². The van der Waals surface area contributed by atoms with Crippen LogP contribution in [0.2, 0.25) is 0 Å². The standard InChI is InChI=1S/C29H24N2O4/c1-21-12-16-23(17-13-21)27(32)35-26-18-14-22(15-19-26)20-30-31-28(33)29(34,24-8-4-2-5-9-24)25-10-6-3-7-11-25/h2-20,34H,1H3,(H,31,33)/b30-20+. The van der Waals surface area contributed by atoms with Crippen molar-refractivity contribution >= 4 is 18.1 Å². The van der Waals surface area contributed by atoms with Gasteiger partial charge in [-0.05, 0) is 60.0 Å². The first kappa shape index (κ1) is 23.6. The number of esters is 1. The maximum atomic E-state index is 13.1. The summed E-state index contributed by atoms with van der Waals surface area (Å²) in [7, 11) is 0. The third kappa shape index (κ3) is 5.51. The molecule has 0 aliphatic heterocycles. The van der Waals surface area contributed by atoms with Crippen molar-refractivity contribution in [3.8, 4) is 5.75 Å². The van der Waals surface area contributed by atoms with Crippen LogP contribution in [0.1, 0.15) is 32.6 Å². The molecule has 4 aromatic rings. The van der Waals surface area contributed by atoms with Crippen LogP contribution in [0.4, 0.5) is 0 Å². The van der Waals surface area contributed by atoms with Crippen molar-refractivity contribution in [2.75, 3.05) is 0 Å². The number of rotatable bonds is 7. The highest BCUT2D eigenvalue weighted by Crippen LogP contribution is 2.29. The molecule has 35 heavy (non-hydrogen) atoms. The van der Waals surface area contributed by atoms with Gasteiger partial charge in [-0.25, -0.2) is 10.2 Å². The number of aryl methyl sites for hydroxylation is 1. The number of carbonyl (C=O) groups excluding carboxylic acids is 2. The van der Waals surface area contributed by atoms with Gasteiger partial charge in [-0.2, -0.15) is 5.10 Å². The van der Waals surface area contributed by atoms with E-state index in [4.69, 9.17) is 4.74 Å². The number of benzene rings is 4. The fraction of sp³-hybridized carbons (Fsp3) is 0.0690. The van der Waals surface area contributed by atoms with Gasteiger partial charge in [0.2, 0.25) is 0 Å². The van der Waals surface area contributed by atoms with Gasteiger partial charge < -0.3 is 9.84 Å². The van der Waals surface area contributed by atoms with Gasteiger partial charge in [0.15, 0.2) is 5.60 Å². The van der Waals surface area contributed by atoms with E-state index >= 15 is 0 Å². The molecule has 0 unspecified atom stereocenters. The van der Waals surface area contributed by atoms with Gasteiger partial charge in [0.05, 0.1) is 11.8 Å². The number of hydrogen-bond acceptors (Lipinski definition) is 5. The van der Waals surface area contributed by atoms with E-state index in [1.54, 1.807) is 84.9 Å². The molecule has 0 aliphatic rings. The Bertz CT molecular complexity index is 1280. The Hall–Kier alpha value is -4.55. The molecule has 0 aliphatic carbocycles. The van der Waals surface area contributed by atoms with E-state index in [0.29, 0.717) is 28.0 Å². The van der Waals surface area contributed by atoms with Crippen LogP contribution >= 0.6 is 0 Å². The van der Waals surface area contributed by atoms with Gasteiger partial charge in [-0.1, -0.05) is 78.4 Å². The molecule has 0 radical (unpaired) electrons. The van der Waals surface area contributed by atoms with Gasteiger partial charge in [-0.15, -0.1) is 0 Å². The van der Waals surface area contributed by atoms with E-state index in [1.807, 2.05) is 31.2 Å².